The van der Waals surface area contributed by atoms with E-state index in [-0.39, 0.29) is 23.3 Å². The number of hydrogen-bond donors (Lipinski definition) is 4. The number of H-pyrrole nitrogens is 1. The van der Waals surface area contributed by atoms with Crippen molar-refractivity contribution in [3.63, 3.8) is 0 Å². The number of rotatable bonds is 7. The Morgan fingerprint density at radius 1 is 1.09 bits per heavy atom. The van der Waals surface area contributed by atoms with E-state index in [4.69, 9.17) is 4.74 Å². The number of carbonyl (C=O) groups is 1. The van der Waals surface area contributed by atoms with Crippen LogP contribution in [-0.2, 0) is 6.54 Å². The largest absolute Gasteiger partial charge is 0.507 e. The number of phenols is 1. The van der Waals surface area contributed by atoms with E-state index in [1.54, 1.807) is 12.1 Å². The minimum atomic E-state index is -0.388. The number of anilines is 2. The fraction of sp³-hybridized carbons (Fsp3) is 0.240. The third-order valence-electron chi connectivity index (χ3n) is 5.03. The minimum Gasteiger partial charge on any atom is -0.507 e. The van der Waals surface area contributed by atoms with Crippen molar-refractivity contribution in [1.82, 2.24) is 20.3 Å². The smallest absolute Gasteiger partial charge is 0.255 e. The Morgan fingerprint density at radius 2 is 1.85 bits per heavy atom. The highest BCUT2D eigenvalue weighted by Gasteiger charge is 2.14. The van der Waals surface area contributed by atoms with Crippen molar-refractivity contribution < 1.29 is 14.6 Å². The zero-order valence-corrected chi connectivity index (χ0v) is 19.1. The zero-order chi connectivity index (χ0) is 23.5. The number of aryl methyl sites for hydroxylation is 2. The molecular formula is C25H27N5O3. The second-order valence-corrected chi connectivity index (χ2v) is 8.20. The van der Waals surface area contributed by atoms with Gasteiger partial charge in [-0.25, -0.2) is 9.97 Å². The first-order valence-corrected chi connectivity index (χ1v) is 10.8. The van der Waals surface area contributed by atoms with Crippen molar-refractivity contribution in [1.29, 1.82) is 0 Å². The highest BCUT2D eigenvalue weighted by molar-refractivity contribution is 5.98. The van der Waals surface area contributed by atoms with E-state index in [1.165, 1.54) is 6.07 Å². The van der Waals surface area contributed by atoms with Gasteiger partial charge in [-0.3, -0.25) is 4.79 Å². The molecule has 8 heteroatoms. The lowest BCUT2D eigenvalue weighted by Gasteiger charge is -2.11. The van der Waals surface area contributed by atoms with Crippen molar-refractivity contribution >= 4 is 28.4 Å². The van der Waals surface area contributed by atoms with E-state index in [1.807, 2.05) is 58.2 Å². The van der Waals surface area contributed by atoms with E-state index < -0.39 is 0 Å². The van der Waals surface area contributed by atoms with E-state index in [0.29, 0.717) is 18.2 Å². The van der Waals surface area contributed by atoms with Crippen LogP contribution >= 0.6 is 0 Å². The number of amides is 1. The first kappa shape index (κ1) is 22.1. The number of aromatic amines is 1. The monoisotopic (exact) mass is 445 g/mol. The molecule has 8 nitrogen and oxygen atoms in total. The van der Waals surface area contributed by atoms with Gasteiger partial charge < -0.3 is 25.5 Å². The number of fused-ring (bicyclic) bond motifs is 1. The average molecular weight is 446 g/mol. The number of carbonyl (C=O) groups excluding carboxylic acids is 1. The molecule has 4 N–H and O–H groups in total. The van der Waals surface area contributed by atoms with Crippen molar-refractivity contribution in [2.24, 2.45) is 0 Å². The summed E-state index contributed by atoms with van der Waals surface area (Å²) >= 11 is 0. The summed E-state index contributed by atoms with van der Waals surface area (Å²) in [5.41, 5.74) is 4.31. The number of aromatic nitrogens is 3. The number of ether oxygens (including phenoxy) is 1. The second kappa shape index (κ2) is 9.20. The van der Waals surface area contributed by atoms with E-state index in [2.05, 4.69) is 25.6 Å². The number of nitrogens with zero attached hydrogens (tertiary/aromatic N) is 2. The molecule has 4 rings (SSSR count). The molecule has 0 saturated heterocycles. The average Bonchev–Trinajstić information content (AvgIpc) is 3.14. The molecule has 0 aliphatic carbocycles. The lowest BCUT2D eigenvalue weighted by molar-refractivity contribution is 0.0948. The molecule has 33 heavy (non-hydrogen) atoms. The third-order valence-corrected chi connectivity index (χ3v) is 5.03. The van der Waals surface area contributed by atoms with Gasteiger partial charge in [0.1, 0.15) is 11.5 Å². The topological polar surface area (TPSA) is 112 Å². The SMILES string of the molecule is Cc1cc(C)nc(Nc2ccc(O)c(C(=O)NCc3c[nH]c4ccc(OC(C)C)cc34)c2)n1. The molecule has 4 aromatic rings. The van der Waals surface area contributed by atoms with Crippen LogP contribution in [0.4, 0.5) is 11.6 Å². The van der Waals surface area contributed by atoms with Crippen LogP contribution < -0.4 is 15.4 Å². The summed E-state index contributed by atoms with van der Waals surface area (Å²) in [7, 11) is 0. The van der Waals surface area contributed by atoms with Gasteiger partial charge in [0.05, 0.1) is 11.7 Å². The number of hydrogen-bond acceptors (Lipinski definition) is 6. The molecule has 1 amide bonds. The Bertz CT molecular complexity index is 1290. The Morgan fingerprint density at radius 3 is 2.58 bits per heavy atom. The van der Waals surface area contributed by atoms with Gasteiger partial charge in [-0.15, -0.1) is 0 Å². The Hall–Kier alpha value is -4.07. The molecule has 0 radical (unpaired) electrons. The number of benzene rings is 2. The van der Waals surface area contributed by atoms with Gasteiger partial charge in [0.2, 0.25) is 5.95 Å². The van der Waals surface area contributed by atoms with Crippen molar-refractivity contribution in [2.45, 2.75) is 40.3 Å². The van der Waals surface area contributed by atoms with Crippen molar-refractivity contribution in [3.8, 4) is 11.5 Å². The summed E-state index contributed by atoms with van der Waals surface area (Å²) in [5.74, 6) is 0.713. The Kier molecular flexibility index (Phi) is 6.17. The van der Waals surface area contributed by atoms with Crippen molar-refractivity contribution in [2.75, 3.05) is 5.32 Å². The number of aromatic hydroxyl groups is 1. The quantitative estimate of drug-likeness (QED) is 0.306. The Balaban J connectivity index is 1.50. The fourth-order valence-electron chi connectivity index (χ4n) is 3.63. The number of phenolic OH excluding ortho intramolecular Hbond substituents is 1. The van der Waals surface area contributed by atoms with Crippen LogP contribution in [0.3, 0.4) is 0 Å². The normalized spacial score (nSPS) is 11.1. The summed E-state index contributed by atoms with van der Waals surface area (Å²) in [5, 5.41) is 17.2. The van der Waals surface area contributed by atoms with Gasteiger partial charge in [0.15, 0.2) is 0 Å². The molecule has 0 aliphatic heterocycles. The van der Waals surface area contributed by atoms with Crippen LogP contribution in [0.25, 0.3) is 10.9 Å². The summed E-state index contributed by atoms with van der Waals surface area (Å²) in [6.45, 7) is 8.02. The van der Waals surface area contributed by atoms with E-state index in [0.717, 1.165) is 33.6 Å². The fourth-order valence-corrected chi connectivity index (χ4v) is 3.63. The molecule has 0 fully saturated rings. The maximum Gasteiger partial charge on any atom is 0.255 e. The van der Waals surface area contributed by atoms with Crippen LogP contribution in [0.5, 0.6) is 11.5 Å². The summed E-state index contributed by atoms with van der Waals surface area (Å²) in [4.78, 5) is 24.8. The molecule has 2 aromatic heterocycles. The second-order valence-electron chi connectivity index (χ2n) is 8.20. The molecule has 0 unspecified atom stereocenters. The standard InChI is InChI=1S/C25H27N5O3/c1-14(2)33-19-6-7-22-20(11-19)17(12-26-22)13-27-24(32)21-10-18(5-8-23(21)31)30-25-28-15(3)9-16(4)29-25/h5-12,14,26,31H,13H2,1-4H3,(H,27,32)(H,28,29,30). The van der Waals surface area contributed by atoms with Crippen molar-refractivity contribution in [3.05, 3.63) is 71.2 Å². The lowest BCUT2D eigenvalue weighted by Crippen LogP contribution is -2.22. The maximum atomic E-state index is 12.9. The first-order chi connectivity index (χ1) is 15.8. The van der Waals surface area contributed by atoms with Crippen LogP contribution in [0, 0.1) is 13.8 Å². The maximum absolute atomic E-state index is 12.9. The molecule has 2 heterocycles. The molecule has 2 aromatic carbocycles. The first-order valence-electron chi connectivity index (χ1n) is 10.8. The molecule has 0 spiro atoms. The highest BCUT2D eigenvalue weighted by Crippen LogP contribution is 2.26. The number of nitrogens with one attached hydrogen (secondary N) is 3. The minimum absolute atomic E-state index is 0.0718. The molecule has 170 valence electrons. The van der Waals surface area contributed by atoms with Crippen LogP contribution in [0.15, 0.2) is 48.7 Å². The van der Waals surface area contributed by atoms with E-state index in [9.17, 15) is 9.90 Å². The summed E-state index contributed by atoms with van der Waals surface area (Å²) in [6.07, 6.45) is 1.93. The molecular weight excluding hydrogens is 418 g/mol. The molecule has 0 saturated carbocycles. The van der Waals surface area contributed by atoms with Gasteiger partial charge in [-0.2, -0.15) is 0 Å². The molecule has 0 atom stereocenters. The molecule has 0 aliphatic rings. The third kappa shape index (κ3) is 5.23. The van der Waals surface area contributed by atoms with Gasteiger partial charge in [0.25, 0.3) is 5.91 Å². The zero-order valence-electron chi connectivity index (χ0n) is 19.1. The predicted molar refractivity (Wildman–Crippen MR) is 128 cm³/mol. The highest BCUT2D eigenvalue weighted by atomic mass is 16.5. The summed E-state index contributed by atoms with van der Waals surface area (Å²) in [6, 6.07) is 12.4. The lowest BCUT2D eigenvalue weighted by atomic mass is 10.1. The molecule has 0 bridgehead atoms. The van der Waals surface area contributed by atoms with Crippen LogP contribution in [0.2, 0.25) is 0 Å². The van der Waals surface area contributed by atoms with Crippen LogP contribution in [-0.4, -0.2) is 32.1 Å². The van der Waals surface area contributed by atoms with Gasteiger partial charge in [-0.1, -0.05) is 0 Å². The summed E-state index contributed by atoms with van der Waals surface area (Å²) < 4.78 is 5.78. The van der Waals surface area contributed by atoms with Gasteiger partial charge >= 0.3 is 0 Å². The Labute approximate surface area is 192 Å². The van der Waals surface area contributed by atoms with Crippen LogP contribution in [0.1, 0.15) is 41.2 Å². The van der Waals surface area contributed by atoms with Gasteiger partial charge in [0, 0.05) is 40.7 Å². The van der Waals surface area contributed by atoms with Gasteiger partial charge in [-0.05, 0) is 75.7 Å². The predicted octanol–water partition coefficient (Wildman–Crippen LogP) is 4.74. The van der Waals surface area contributed by atoms with E-state index >= 15 is 0 Å².